The molecular formula is C18H23N3O7. The van der Waals surface area contributed by atoms with Crippen LogP contribution in [0.1, 0.15) is 45.7 Å². The molecule has 0 aromatic heterocycles. The minimum Gasteiger partial charge on any atom is -0.500 e. The van der Waals surface area contributed by atoms with Gasteiger partial charge in [0.05, 0.1) is 29.2 Å². The topological polar surface area (TPSA) is 140 Å². The molecule has 28 heavy (non-hydrogen) atoms. The zero-order valence-corrected chi connectivity index (χ0v) is 16.1. The molecule has 152 valence electrons. The SMILES string of the molecule is CCOc1cc([C@H]2NC(=O)NC(C)=C2C(=O)O[C@H](C)CC)cc([N+](=O)[O-])c1O. The molecule has 1 aliphatic heterocycles. The van der Waals surface area contributed by atoms with E-state index in [0.29, 0.717) is 6.42 Å². The number of benzene rings is 1. The number of hydrogen-bond acceptors (Lipinski definition) is 7. The van der Waals surface area contributed by atoms with Gasteiger partial charge in [0.2, 0.25) is 5.75 Å². The number of nitrogens with one attached hydrogen (secondary N) is 2. The first-order chi connectivity index (χ1) is 13.2. The molecule has 0 fully saturated rings. The van der Waals surface area contributed by atoms with Crippen LogP contribution in [0.2, 0.25) is 0 Å². The third kappa shape index (κ3) is 4.33. The van der Waals surface area contributed by atoms with Gasteiger partial charge in [-0.25, -0.2) is 9.59 Å². The van der Waals surface area contributed by atoms with Crippen LogP contribution in [0.25, 0.3) is 0 Å². The van der Waals surface area contributed by atoms with Gasteiger partial charge in [0, 0.05) is 11.8 Å². The summed E-state index contributed by atoms with van der Waals surface area (Å²) in [5.74, 6) is -1.40. The number of aromatic hydroxyl groups is 1. The highest BCUT2D eigenvalue weighted by atomic mass is 16.6. The van der Waals surface area contributed by atoms with E-state index in [-0.39, 0.29) is 35.3 Å². The lowest BCUT2D eigenvalue weighted by atomic mass is 9.94. The second kappa shape index (κ2) is 8.59. The number of allylic oxidation sites excluding steroid dienone is 1. The van der Waals surface area contributed by atoms with Gasteiger partial charge in [-0.2, -0.15) is 0 Å². The predicted molar refractivity (Wildman–Crippen MR) is 98.9 cm³/mol. The van der Waals surface area contributed by atoms with Gasteiger partial charge in [-0.15, -0.1) is 0 Å². The van der Waals surface area contributed by atoms with E-state index in [1.807, 2.05) is 6.92 Å². The van der Waals surface area contributed by atoms with Gasteiger partial charge in [-0.05, 0) is 38.8 Å². The van der Waals surface area contributed by atoms with Crippen molar-refractivity contribution in [2.45, 2.75) is 46.3 Å². The third-order valence-corrected chi connectivity index (χ3v) is 4.28. The summed E-state index contributed by atoms with van der Waals surface area (Å²) in [5.41, 5.74) is -0.00245. The van der Waals surface area contributed by atoms with Crippen LogP contribution >= 0.6 is 0 Å². The Morgan fingerprint density at radius 3 is 2.64 bits per heavy atom. The van der Waals surface area contributed by atoms with Gasteiger partial charge in [0.25, 0.3) is 0 Å². The predicted octanol–water partition coefficient (Wildman–Crippen LogP) is 2.67. The zero-order valence-electron chi connectivity index (χ0n) is 16.1. The molecule has 0 unspecified atom stereocenters. The molecular weight excluding hydrogens is 370 g/mol. The summed E-state index contributed by atoms with van der Waals surface area (Å²) in [7, 11) is 0. The normalized spacial score (nSPS) is 17.4. The lowest BCUT2D eigenvalue weighted by Crippen LogP contribution is -2.45. The number of carbonyl (C=O) groups is 2. The van der Waals surface area contributed by atoms with Gasteiger partial charge in [0.15, 0.2) is 5.75 Å². The van der Waals surface area contributed by atoms with Crippen molar-refractivity contribution in [3.63, 3.8) is 0 Å². The van der Waals surface area contributed by atoms with Crippen molar-refractivity contribution in [1.29, 1.82) is 0 Å². The van der Waals surface area contributed by atoms with Gasteiger partial charge < -0.3 is 25.2 Å². The molecule has 2 atom stereocenters. The molecule has 0 spiro atoms. The van der Waals surface area contributed by atoms with Crippen LogP contribution in [0.4, 0.5) is 10.5 Å². The van der Waals surface area contributed by atoms with E-state index in [0.717, 1.165) is 6.07 Å². The van der Waals surface area contributed by atoms with E-state index in [1.54, 1.807) is 13.8 Å². The fourth-order valence-electron chi connectivity index (χ4n) is 2.73. The average Bonchev–Trinajstić information content (AvgIpc) is 2.62. The highest BCUT2D eigenvalue weighted by Crippen LogP contribution is 2.40. The van der Waals surface area contributed by atoms with Crippen molar-refractivity contribution >= 4 is 17.7 Å². The maximum atomic E-state index is 12.7. The van der Waals surface area contributed by atoms with E-state index < -0.39 is 34.4 Å². The van der Waals surface area contributed by atoms with Crippen molar-refractivity contribution < 1.29 is 29.1 Å². The Morgan fingerprint density at radius 1 is 1.39 bits per heavy atom. The zero-order chi connectivity index (χ0) is 21.0. The van der Waals surface area contributed by atoms with E-state index in [1.165, 1.54) is 13.0 Å². The number of nitro benzene ring substituents is 1. The smallest absolute Gasteiger partial charge is 0.338 e. The van der Waals surface area contributed by atoms with E-state index in [4.69, 9.17) is 9.47 Å². The number of phenols is 1. The molecule has 0 aliphatic carbocycles. The quantitative estimate of drug-likeness (QED) is 0.367. The molecule has 0 radical (unpaired) electrons. The molecule has 0 saturated heterocycles. The van der Waals surface area contributed by atoms with Gasteiger partial charge in [-0.3, -0.25) is 10.1 Å². The third-order valence-electron chi connectivity index (χ3n) is 4.28. The first-order valence-corrected chi connectivity index (χ1v) is 8.82. The molecule has 1 aliphatic rings. The lowest BCUT2D eigenvalue weighted by Gasteiger charge is -2.29. The molecule has 0 bridgehead atoms. The fraction of sp³-hybridized carbons (Fsp3) is 0.444. The van der Waals surface area contributed by atoms with Crippen LogP contribution in [0.3, 0.4) is 0 Å². The maximum absolute atomic E-state index is 12.7. The number of esters is 1. The Kier molecular flexibility index (Phi) is 6.45. The summed E-state index contributed by atoms with van der Waals surface area (Å²) in [5, 5.41) is 26.5. The van der Waals surface area contributed by atoms with Crippen LogP contribution < -0.4 is 15.4 Å². The number of carbonyl (C=O) groups excluding carboxylic acids is 2. The van der Waals surface area contributed by atoms with Crippen LogP contribution in [0.15, 0.2) is 23.4 Å². The molecule has 0 saturated carbocycles. The Labute approximate surface area is 161 Å². The number of ether oxygens (including phenoxy) is 2. The van der Waals surface area contributed by atoms with Crippen LogP contribution in [0, 0.1) is 10.1 Å². The summed E-state index contributed by atoms with van der Waals surface area (Å²) < 4.78 is 10.6. The highest BCUT2D eigenvalue weighted by Gasteiger charge is 2.35. The number of urea groups is 1. The number of nitrogens with zero attached hydrogens (tertiary/aromatic N) is 1. The van der Waals surface area contributed by atoms with Gasteiger partial charge in [-0.1, -0.05) is 6.92 Å². The van der Waals surface area contributed by atoms with E-state index in [2.05, 4.69) is 10.6 Å². The van der Waals surface area contributed by atoms with Gasteiger partial charge >= 0.3 is 17.7 Å². The standard InChI is InChI=1S/C18H23N3O7/c1-5-9(3)28-17(23)14-10(4)19-18(24)20-15(14)11-7-12(21(25)26)16(22)13(8-11)27-6-2/h7-9,15,22H,5-6H2,1-4H3,(H2,19,20,24)/t9-,15-/m1/s1. The monoisotopic (exact) mass is 393 g/mol. The molecule has 10 nitrogen and oxygen atoms in total. The number of phenolic OH excluding ortho intramolecular Hbond substituents is 1. The largest absolute Gasteiger partial charge is 0.500 e. The Bertz CT molecular complexity index is 835. The minimum atomic E-state index is -1.01. The van der Waals surface area contributed by atoms with Crippen molar-refractivity contribution in [2.75, 3.05) is 6.61 Å². The number of nitro groups is 1. The van der Waals surface area contributed by atoms with Crippen LogP contribution in [0.5, 0.6) is 11.5 Å². The lowest BCUT2D eigenvalue weighted by molar-refractivity contribution is -0.386. The summed E-state index contributed by atoms with van der Waals surface area (Å²) in [6.07, 6.45) is 0.251. The van der Waals surface area contributed by atoms with E-state index >= 15 is 0 Å². The second-order valence-corrected chi connectivity index (χ2v) is 6.27. The molecule has 1 heterocycles. The van der Waals surface area contributed by atoms with Crippen molar-refractivity contribution in [1.82, 2.24) is 10.6 Å². The first kappa shape index (κ1) is 21.0. The molecule has 2 rings (SSSR count). The molecule has 2 amide bonds. The summed E-state index contributed by atoms with van der Waals surface area (Å²) in [6.45, 7) is 6.94. The fourth-order valence-corrected chi connectivity index (χ4v) is 2.73. The average molecular weight is 393 g/mol. The Hall–Kier alpha value is -3.30. The van der Waals surface area contributed by atoms with Crippen LogP contribution in [-0.4, -0.2) is 34.7 Å². The highest BCUT2D eigenvalue weighted by molar-refractivity contribution is 5.95. The summed E-state index contributed by atoms with van der Waals surface area (Å²) in [6, 6.07) is 0.865. The molecule has 3 N–H and O–H groups in total. The molecule has 10 heteroatoms. The van der Waals surface area contributed by atoms with Crippen molar-refractivity contribution in [2.24, 2.45) is 0 Å². The first-order valence-electron chi connectivity index (χ1n) is 8.82. The van der Waals surface area contributed by atoms with Crippen molar-refractivity contribution in [3.05, 3.63) is 39.1 Å². The summed E-state index contributed by atoms with van der Waals surface area (Å²) >= 11 is 0. The molecule has 1 aromatic carbocycles. The number of rotatable bonds is 7. The number of amides is 2. The maximum Gasteiger partial charge on any atom is 0.338 e. The molecule has 1 aromatic rings. The Morgan fingerprint density at radius 2 is 2.07 bits per heavy atom. The van der Waals surface area contributed by atoms with Crippen molar-refractivity contribution in [3.8, 4) is 11.5 Å². The second-order valence-electron chi connectivity index (χ2n) is 6.27. The summed E-state index contributed by atoms with van der Waals surface area (Å²) in [4.78, 5) is 35.2. The van der Waals surface area contributed by atoms with E-state index in [9.17, 15) is 24.8 Å². The van der Waals surface area contributed by atoms with Gasteiger partial charge in [0.1, 0.15) is 0 Å². The number of hydrogen-bond donors (Lipinski definition) is 3. The Balaban J connectivity index is 2.58. The van der Waals surface area contributed by atoms with Crippen LogP contribution in [-0.2, 0) is 9.53 Å². The minimum absolute atomic E-state index is 0.113.